The van der Waals surface area contributed by atoms with Crippen molar-refractivity contribution in [2.45, 2.75) is 19.8 Å². The number of hydrogen-bond donors (Lipinski definition) is 0. The summed E-state index contributed by atoms with van der Waals surface area (Å²) >= 11 is 0. The molecular weight excluding hydrogens is 324 g/mol. The number of aryl methyl sites for hydroxylation is 1. The maximum Gasteiger partial charge on any atom is 0.318 e. The normalized spacial score (nSPS) is 24.5. The average molecular weight is 346 g/mol. The van der Waals surface area contributed by atoms with Crippen molar-refractivity contribution in [1.29, 1.82) is 0 Å². The van der Waals surface area contributed by atoms with Crippen molar-refractivity contribution in [3.63, 3.8) is 0 Å². The molecule has 2 saturated heterocycles. The zero-order chi connectivity index (χ0) is 17.3. The van der Waals surface area contributed by atoms with Gasteiger partial charge in [-0.25, -0.2) is 0 Å². The summed E-state index contributed by atoms with van der Waals surface area (Å²) in [6, 6.07) is 2.24. The fraction of sp³-hybridized carbons (Fsp3) is 0.588. The number of rotatable bonds is 2. The summed E-state index contributed by atoms with van der Waals surface area (Å²) in [5.74, 6) is 0.562. The van der Waals surface area contributed by atoms with Gasteiger partial charge in [0.25, 0.3) is 5.91 Å². The predicted octanol–water partition coefficient (Wildman–Crippen LogP) is 1.73. The first-order valence-electron chi connectivity index (χ1n) is 8.60. The van der Waals surface area contributed by atoms with Crippen LogP contribution in [-0.4, -0.2) is 60.4 Å². The molecule has 0 saturated carbocycles. The highest BCUT2D eigenvalue weighted by Gasteiger charge is 2.41. The van der Waals surface area contributed by atoms with Crippen molar-refractivity contribution in [3.05, 3.63) is 30.0 Å². The van der Waals surface area contributed by atoms with E-state index in [1.165, 1.54) is 12.5 Å². The quantitative estimate of drug-likeness (QED) is 0.818. The van der Waals surface area contributed by atoms with E-state index in [1.54, 1.807) is 13.0 Å². The largest absolute Gasteiger partial charge is 0.472 e. The molecule has 0 aliphatic carbocycles. The molecule has 1 spiro atoms. The molecule has 4 heterocycles. The van der Waals surface area contributed by atoms with Gasteiger partial charge in [0.15, 0.2) is 0 Å². The van der Waals surface area contributed by atoms with Gasteiger partial charge in [-0.1, -0.05) is 5.10 Å². The van der Waals surface area contributed by atoms with Crippen LogP contribution in [0.2, 0.25) is 0 Å². The van der Waals surface area contributed by atoms with Crippen LogP contribution >= 0.6 is 0 Å². The minimum absolute atomic E-state index is 0.0113. The molecular formula is C17H22N4O4. The molecule has 1 amide bonds. The third kappa shape index (κ3) is 3.26. The number of furan rings is 1. The highest BCUT2D eigenvalue weighted by atomic mass is 16.5. The van der Waals surface area contributed by atoms with Gasteiger partial charge in [0.1, 0.15) is 6.26 Å². The number of carbonyl (C=O) groups excluding carboxylic acids is 1. The molecule has 0 aromatic carbocycles. The smallest absolute Gasteiger partial charge is 0.318 e. The van der Waals surface area contributed by atoms with Crippen LogP contribution in [-0.2, 0) is 4.74 Å². The molecule has 8 heteroatoms. The lowest BCUT2D eigenvalue weighted by molar-refractivity contribution is 0.0134. The second kappa shape index (κ2) is 6.51. The maximum atomic E-state index is 12.7. The monoisotopic (exact) mass is 346 g/mol. The lowest BCUT2D eigenvalue weighted by Gasteiger charge is -2.43. The topological polar surface area (TPSA) is 84.8 Å². The molecule has 2 aromatic heterocycles. The van der Waals surface area contributed by atoms with Crippen molar-refractivity contribution >= 4 is 11.9 Å². The van der Waals surface area contributed by atoms with Crippen molar-refractivity contribution in [1.82, 2.24) is 15.1 Å². The van der Waals surface area contributed by atoms with Crippen molar-refractivity contribution < 1.29 is 18.4 Å². The molecule has 0 N–H and O–H groups in total. The highest BCUT2D eigenvalue weighted by Crippen LogP contribution is 2.34. The SMILES string of the molecule is Cc1nnc(N2CCOC[C@]3(CCCN(C(=O)c4ccoc4)C3)C2)o1. The molecule has 2 fully saturated rings. The first kappa shape index (κ1) is 16.1. The maximum absolute atomic E-state index is 12.7. The van der Waals surface area contributed by atoms with Gasteiger partial charge in [0.05, 0.1) is 25.0 Å². The van der Waals surface area contributed by atoms with Crippen LogP contribution in [0.25, 0.3) is 0 Å². The first-order valence-corrected chi connectivity index (χ1v) is 8.60. The van der Waals surface area contributed by atoms with Gasteiger partial charge in [-0.3, -0.25) is 4.79 Å². The van der Waals surface area contributed by atoms with Gasteiger partial charge >= 0.3 is 6.01 Å². The Morgan fingerprint density at radius 1 is 1.28 bits per heavy atom. The van der Waals surface area contributed by atoms with Crippen molar-refractivity contribution in [3.8, 4) is 0 Å². The van der Waals surface area contributed by atoms with Gasteiger partial charge in [0.2, 0.25) is 5.89 Å². The molecule has 134 valence electrons. The number of amides is 1. The Labute approximate surface area is 145 Å². The van der Waals surface area contributed by atoms with Crippen LogP contribution < -0.4 is 4.90 Å². The Morgan fingerprint density at radius 3 is 2.96 bits per heavy atom. The Morgan fingerprint density at radius 2 is 2.20 bits per heavy atom. The van der Waals surface area contributed by atoms with E-state index in [1.807, 2.05) is 4.90 Å². The van der Waals surface area contributed by atoms with Crippen molar-refractivity contribution in [2.24, 2.45) is 5.41 Å². The number of carbonyl (C=O) groups is 1. The van der Waals surface area contributed by atoms with E-state index >= 15 is 0 Å². The van der Waals surface area contributed by atoms with E-state index in [2.05, 4.69) is 15.1 Å². The second-order valence-corrected chi connectivity index (χ2v) is 6.92. The summed E-state index contributed by atoms with van der Waals surface area (Å²) in [6.07, 6.45) is 4.98. The molecule has 1 atom stereocenters. The van der Waals surface area contributed by atoms with E-state index in [4.69, 9.17) is 13.6 Å². The molecule has 4 rings (SSSR count). The number of piperidine rings is 1. The average Bonchev–Trinajstić information content (AvgIpc) is 3.25. The zero-order valence-electron chi connectivity index (χ0n) is 14.3. The van der Waals surface area contributed by atoms with E-state index in [0.717, 1.165) is 25.9 Å². The Kier molecular flexibility index (Phi) is 4.20. The number of likely N-dealkylation sites (tertiary alicyclic amines) is 1. The van der Waals surface area contributed by atoms with Gasteiger partial charge in [-0.05, 0) is 18.9 Å². The predicted molar refractivity (Wildman–Crippen MR) is 88.3 cm³/mol. The van der Waals surface area contributed by atoms with Gasteiger partial charge < -0.3 is 23.4 Å². The fourth-order valence-electron chi connectivity index (χ4n) is 3.77. The molecule has 2 aliphatic rings. The van der Waals surface area contributed by atoms with Crippen LogP contribution in [0.1, 0.15) is 29.1 Å². The molecule has 0 bridgehead atoms. The second-order valence-electron chi connectivity index (χ2n) is 6.92. The molecule has 0 unspecified atom stereocenters. The standard InChI is InChI=1S/C17H22N4O4/c1-13-18-19-16(25-13)21-6-8-24-12-17(11-21)4-2-5-20(10-17)15(22)14-3-7-23-9-14/h3,7,9H,2,4-6,8,10-12H2,1H3/t17-/m0/s1. The summed E-state index contributed by atoms with van der Waals surface area (Å²) in [6.45, 7) is 5.88. The summed E-state index contributed by atoms with van der Waals surface area (Å²) in [4.78, 5) is 16.7. The third-order valence-corrected chi connectivity index (χ3v) is 4.94. The Balaban J connectivity index is 1.53. The number of nitrogens with zero attached hydrogens (tertiary/aromatic N) is 4. The van der Waals surface area contributed by atoms with E-state index in [9.17, 15) is 4.79 Å². The number of ether oxygens (including phenoxy) is 1. The van der Waals surface area contributed by atoms with Crippen LogP contribution in [0, 0.1) is 12.3 Å². The van der Waals surface area contributed by atoms with E-state index in [0.29, 0.717) is 43.8 Å². The minimum Gasteiger partial charge on any atom is -0.472 e. The number of aromatic nitrogens is 2. The van der Waals surface area contributed by atoms with Crippen molar-refractivity contribution in [2.75, 3.05) is 44.3 Å². The van der Waals surface area contributed by atoms with Crippen LogP contribution in [0.3, 0.4) is 0 Å². The van der Waals surface area contributed by atoms with Gasteiger partial charge in [-0.2, -0.15) is 0 Å². The minimum atomic E-state index is -0.128. The first-order chi connectivity index (χ1) is 12.2. The molecule has 2 aliphatic heterocycles. The Hall–Kier alpha value is -2.35. The summed E-state index contributed by atoms with van der Waals surface area (Å²) in [5.41, 5.74) is 0.465. The van der Waals surface area contributed by atoms with Crippen LogP contribution in [0.5, 0.6) is 0 Å². The summed E-state index contributed by atoms with van der Waals surface area (Å²) in [7, 11) is 0. The van der Waals surface area contributed by atoms with Gasteiger partial charge in [0, 0.05) is 38.5 Å². The number of hydrogen-bond acceptors (Lipinski definition) is 7. The lowest BCUT2D eigenvalue weighted by Crippen LogP contribution is -2.52. The lowest BCUT2D eigenvalue weighted by atomic mass is 9.80. The van der Waals surface area contributed by atoms with E-state index in [-0.39, 0.29) is 11.3 Å². The third-order valence-electron chi connectivity index (χ3n) is 4.94. The fourth-order valence-corrected chi connectivity index (χ4v) is 3.77. The Bertz CT molecular complexity index is 729. The van der Waals surface area contributed by atoms with Crippen LogP contribution in [0.4, 0.5) is 6.01 Å². The van der Waals surface area contributed by atoms with Crippen LogP contribution in [0.15, 0.2) is 27.4 Å². The van der Waals surface area contributed by atoms with E-state index < -0.39 is 0 Å². The van der Waals surface area contributed by atoms with Gasteiger partial charge in [-0.15, -0.1) is 5.10 Å². The molecule has 8 nitrogen and oxygen atoms in total. The molecule has 25 heavy (non-hydrogen) atoms. The summed E-state index contributed by atoms with van der Waals surface area (Å²) < 4.78 is 16.5. The highest BCUT2D eigenvalue weighted by molar-refractivity contribution is 5.93. The molecule has 0 radical (unpaired) electrons. The molecule has 2 aromatic rings. The number of anilines is 1. The zero-order valence-corrected chi connectivity index (χ0v) is 14.3. The summed E-state index contributed by atoms with van der Waals surface area (Å²) in [5, 5.41) is 8.07.